The summed E-state index contributed by atoms with van der Waals surface area (Å²) in [4.78, 5) is 6.23. The van der Waals surface area contributed by atoms with Crippen molar-refractivity contribution in [1.29, 1.82) is 0 Å². The van der Waals surface area contributed by atoms with Gasteiger partial charge in [0, 0.05) is 38.0 Å². The molecule has 2 rings (SSSR count). The maximum absolute atomic E-state index is 14.3. The second-order valence-electron chi connectivity index (χ2n) is 4.56. The molecule has 1 aliphatic rings. The van der Waals surface area contributed by atoms with Crippen molar-refractivity contribution >= 4 is 5.82 Å². The fourth-order valence-corrected chi connectivity index (χ4v) is 2.04. The van der Waals surface area contributed by atoms with E-state index in [-0.39, 0.29) is 5.82 Å². The first-order valence-corrected chi connectivity index (χ1v) is 6.31. The van der Waals surface area contributed by atoms with Crippen LogP contribution in [0.1, 0.15) is 18.4 Å². The monoisotopic (exact) mass is 253 g/mol. The molecule has 0 bridgehead atoms. The lowest BCUT2D eigenvalue weighted by Gasteiger charge is -2.24. The molecule has 1 aliphatic carbocycles. The Morgan fingerprint density at radius 1 is 1.56 bits per heavy atom. The van der Waals surface area contributed by atoms with Gasteiger partial charge in [-0.15, -0.1) is 0 Å². The average molecular weight is 253 g/mol. The second kappa shape index (κ2) is 6.11. The molecule has 1 aromatic heterocycles. The largest absolute Gasteiger partial charge is 0.383 e. The number of aromatic nitrogens is 1. The van der Waals surface area contributed by atoms with Gasteiger partial charge < -0.3 is 15.0 Å². The molecule has 1 N–H and O–H groups in total. The molecule has 100 valence electrons. The molecule has 1 fully saturated rings. The van der Waals surface area contributed by atoms with Crippen molar-refractivity contribution in [2.75, 3.05) is 32.2 Å². The summed E-state index contributed by atoms with van der Waals surface area (Å²) in [5.74, 6) is 0.247. The van der Waals surface area contributed by atoms with E-state index >= 15 is 0 Å². The van der Waals surface area contributed by atoms with E-state index in [1.807, 2.05) is 11.9 Å². The zero-order valence-corrected chi connectivity index (χ0v) is 10.9. The highest BCUT2D eigenvalue weighted by molar-refractivity contribution is 5.45. The first-order chi connectivity index (χ1) is 8.77. The highest BCUT2D eigenvalue weighted by Gasteiger charge is 2.31. The smallest absolute Gasteiger partial charge is 0.170 e. The van der Waals surface area contributed by atoms with Crippen LogP contribution in [-0.2, 0) is 11.3 Å². The number of nitrogens with zero attached hydrogens (tertiary/aromatic N) is 2. The van der Waals surface area contributed by atoms with Crippen LogP contribution in [0.3, 0.4) is 0 Å². The van der Waals surface area contributed by atoms with Gasteiger partial charge in [0.2, 0.25) is 0 Å². The molecule has 1 heterocycles. The zero-order valence-electron chi connectivity index (χ0n) is 10.9. The maximum Gasteiger partial charge on any atom is 0.170 e. The number of halogens is 1. The Morgan fingerprint density at radius 3 is 2.94 bits per heavy atom. The molecule has 0 amide bonds. The molecular weight excluding hydrogens is 233 g/mol. The number of nitrogens with one attached hydrogen (secondary N) is 1. The van der Waals surface area contributed by atoms with Crippen molar-refractivity contribution in [3.05, 3.63) is 23.6 Å². The highest BCUT2D eigenvalue weighted by Crippen LogP contribution is 2.32. The van der Waals surface area contributed by atoms with E-state index in [0.29, 0.717) is 37.1 Å². The standard InChI is InChI=1S/C13H20FN3O/c1-15-9-10-5-6-16-13(12(10)14)17(7-8-18-2)11-3-4-11/h5-6,11,15H,3-4,7-9H2,1-2H3. The first-order valence-electron chi connectivity index (χ1n) is 6.31. The number of pyridine rings is 1. The van der Waals surface area contributed by atoms with Gasteiger partial charge in [0.15, 0.2) is 11.6 Å². The van der Waals surface area contributed by atoms with Crippen molar-refractivity contribution in [2.45, 2.75) is 25.4 Å². The lowest BCUT2D eigenvalue weighted by molar-refractivity contribution is 0.204. The Hall–Kier alpha value is -1.20. The SMILES string of the molecule is CNCc1ccnc(N(CCOC)C2CC2)c1F. The van der Waals surface area contributed by atoms with Crippen molar-refractivity contribution in [3.63, 3.8) is 0 Å². The summed E-state index contributed by atoms with van der Waals surface area (Å²) >= 11 is 0. The molecular formula is C13H20FN3O. The minimum atomic E-state index is -0.213. The summed E-state index contributed by atoms with van der Waals surface area (Å²) in [5, 5.41) is 2.97. The van der Waals surface area contributed by atoms with Gasteiger partial charge in [-0.05, 0) is 26.0 Å². The minimum Gasteiger partial charge on any atom is -0.383 e. The number of ether oxygens (including phenoxy) is 1. The van der Waals surface area contributed by atoms with E-state index in [2.05, 4.69) is 10.3 Å². The second-order valence-corrected chi connectivity index (χ2v) is 4.56. The third kappa shape index (κ3) is 2.97. The van der Waals surface area contributed by atoms with Crippen molar-refractivity contribution in [2.24, 2.45) is 0 Å². The third-order valence-electron chi connectivity index (χ3n) is 3.11. The Bertz CT molecular complexity index is 396. The van der Waals surface area contributed by atoms with E-state index in [1.165, 1.54) is 0 Å². The van der Waals surface area contributed by atoms with Crippen LogP contribution >= 0.6 is 0 Å². The lowest BCUT2D eigenvalue weighted by Crippen LogP contribution is -2.31. The van der Waals surface area contributed by atoms with Crippen LogP contribution in [-0.4, -0.2) is 38.3 Å². The summed E-state index contributed by atoms with van der Waals surface area (Å²) in [5.41, 5.74) is 0.658. The fraction of sp³-hybridized carbons (Fsp3) is 0.615. The molecule has 0 atom stereocenters. The third-order valence-corrected chi connectivity index (χ3v) is 3.11. The maximum atomic E-state index is 14.3. The Balaban J connectivity index is 2.20. The summed E-state index contributed by atoms with van der Waals surface area (Å²) in [6.45, 7) is 1.80. The minimum absolute atomic E-state index is 0.213. The van der Waals surface area contributed by atoms with Crippen LogP contribution in [0.5, 0.6) is 0 Å². The van der Waals surface area contributed by atoms with Crippen LogP contribution in [0.25, 0.3) is 0 Å². The van der Waals surface area contributed by atoms with E-state index in [0.717, 1.165) is 12.8 Å². The number of hydrogen-bond acceptors (Lipinski definition) is 4. The summed E-state index contributed by atoms with van der Waals surface area (Å²) < 4.78 is 19.4. The molecule has 0 unspecified atom stereocenters. The fourth-order valence-electron chi connectivity index (χ4n) is 2.04. The Labute approximate surface area is 107 Å². The van der Waals surface area contributed by atoms with Gasteiger partial charge in [-0.1, -0.05) is 0 Å². The van der Waals surface area contributed by atoms with Crippen molar-refractivity contribution in [1.82, 2.24) is 10.3 Å². The van der Waals surface area contributed by atoms with Gasteiger partial charge in [-0.3, -0.25) is 0 Å². The number of methoxy groups -OCH3 is 1. The van der Waals surface area contributed by atoms with Gasteiger partial charge >= 0.3 is 0 Å². The molecule has 18 heavy (non-hydrogen) atoms. The van der Waals surface area contributed by atoms with Crippen LogP contribution in [0.2, 0.25) is 0 Å². The highest BCUT2D eigenvalue weighted by atomic mass is 19.1. The molecule has 4 nitrogen and oxygen atoms in total. The van der Waals surface area contributed by atoms with E-state index in [4.69, 9.17) is 4.74 Å². The quantitative estimate of drug-likeness (QED) is 0.800. The molecule has 5 heteroatoms. The van der Waals surface area contributed by atoms with Gasteiger partial charge in [0.1, 0.15) is 0 Å². The van der Waals surface area contributed by atoms with E-state index < -0.39 is 0 Å². The first kappa shape index (κ1) is 13.2. The molecule has 0 spiro atoms. The number of rotatable bonds is 7. The predicted molar refractivity (Wildman–Crippen MR) is 69.2 cm³/mol. The van der Waals surface area contributed by atoms with Crippen LogP contribution < -0.4 is 10.2 Å². The summed E-state index contributed by atoms with van der Waals surface area (Å²) in [6.07, 6.45) is 3.90. The topological polar surface area (TPSA) is 37.4 Å². The van der Waals surface area contributed by atoms with Gasteiger partial charge in [-0.2, -0.15) is 0 Å². The van der Waals surface area contributed by atoms with Crippen LogP contribution in [0.4, 0.5) is 10.2 Å². The number of hydrogen-bond donors (Lipinski definition) is 1. The molecule has 0 aliphatic heterocycles. The number of anilines is 1. The average Bonchev–Trinajstić information content (AvgIpc) is 3.19. The molecule has 1 saturated carbocycles. The van der Waals surface area contributed by atoms with Crippen molar-refractivity contribution in [3.8, 4) is 0 Å². The summed E-state index contributed by atoms with van der Waals surface area (Å²) in [7, 11) is 3.47. The Morgan fingerprint density at radius 2 is 2.33 bits per heavy atom. The summed E-state index contributed by atoms with van der Waals surface area (Å²) in [6, 6.07) is 2.14. The van der Waals surface area contributed by atoms with Gasteiger partial charge in [0.25, 0.3) is 0 Å². The van der Waals surface area contributed by atoms with Crippen LogP contribution in [0, 0.1) is 5.82 Å². The zero-order chi connectivity index (χ0) is 13.0. The molecule has 1 aromatic rings. The van der Waals surface area contributed by atoms with Gasteiger partial charge in [0.05, 0.1) is 6.61 Å². The van der Waals surface area contributed by atoms with Crippen LogP contribution in [0.15, 0.2) is 12.3 Å². The molecule has 0 radical (unpaired) electrons. The van der Waals surface area contributed by atoms with E-state index in [1.54, 1.807) is 19.4 Å². The Kier molecular flexibility index (Phi) is 4.49. The van der Waals surface area contributed by atoms with Crippen molar-refractivity contribution < 1.29 is 9.13 Å². The van der Waals surface area contributed by atoms with Gasteiger partial charge in [-0.25, -0.2) is 9.37 Å². The van der Waals surface area contributed by atoms with E-state index in [9.17, 15) is 4.39 Å². The molecule has 0 aromatic carbocycles. The predicted octanol–water partition coefficient (Wildman–Crippen LogP) is 1.56. The lowest BCUT2D eigenvalue weighted by atomic mass is 10.2. The molecule has 0 saturated heterocycles. The normalized spacial score (nSPS) is 14.8.